The number of hydrogen-bond donors (Lipinski definition) is 0. The van der Waals surface area contributed by atoms with Crippen LogP contribution in [0.1, 0.15) is 29.0 Å². The Morgan fingerprint density at radius 3 is 2.78 bits per heavy atom. The first kappa shape index (κ1) is 13.9. The summed E-state index contributed by atoms with van der Waals surface area (Å²) in [5.41, 5.74) is 1.37. The molecule has 6 heteroatoms. The molecule has 1 fully saturated rings. The van der Waals surface area contributed by atoms with Crippen LogP contribution < -0.4 is 4.90 Å². The minimum absolute atomic E-state index is 0.0169. The highest BCUT2D eigenvalue weighted by Gasteiger charge is 2.18. The first-order valence-corrected chi connectivity index (χ1v) is 7.84. The Morgan fingerprint density at radius 1 is 1.13 bits per heavy atom. The Labute approximate surface area is 133 Å². The lowest BCUT2D eigenvalue weighted by Gasteiger charge is -2.17. The Hall–Kier alpha value is -2.76. The molecule has 0 spiro atoms. The number of anilines is 1. The van der Waals surface area contributed by atoms with Crippen LogP contribution >= 0.6 is 0 Å². The van der Waals surface area contributed by atoms with E-state index in [4.69, 9.17) is 0 Å². The van der Waals surface area contributed by atoms with Gasteiger partial charge in [0.05, 0.1) is 6.42 Å². The average Bonchev–Trinajstić information content (AvgIpc) is 3.24. The van der Waals surface area contributed by atoms with E-state index < -0.39 is 0 Å². The topological polar surface area (TPSA) is 63.4 Å². The molecule has 1 aliphatic rings. The summed E-state index contributed by atoms with van der Waals surface area (Å²) < 4.78 is 1.84. The minimum Gasteiger partial charge on any atom is -0.356 e. The second-order valence-electron chi connectivity index (χ2n) is 5.72. The van der Waals surface area contributed by atoms with Crippen molar-refractivity contribution < 1.29 is 4.79 Å². The van der Waals surface area contributed by atoms with E-state index in [-0.39, 0.29) is 12.2 Å². The van der Waals surface area contributed by atoms with Crippen LogP contribution in [0.25, 0.3) is 5.65 Å². The second kappa shape index (κ2) is 5.79. The van der Waals surface area contributed by atoms with Gasteiger partial charge in [0.1, 0.15) is 5.82 Å². The smallest absolute Gasteiger partial charge is 0.172 e. The summed E-state index contributed by atoms with van der Waals surface area (Å²) in [6.07, 6.45) is 5.83. The fraction of sp³-hybridized carbons (Fsp3) is 0.294. The molecule has 4 heterocycles. The largest absolute Gasteiger partial charge is 0.356 e. The van der Waals surface area contributed by atoms with Gasteiger partial charge in [-0.25, -0.2) is 4.98 Å². The summed E-state index contributed by atoms with van der Waals surface area (Å²) in [6.45, 7) is 2.09. The lowest BCUT2D eigenvalue weighted by atomic mass is 10.1. The predicted octanol–water partition coefficient (Wildman–Crippen LogP) is 2.15. The Kier molecular flexibility index (Phi) is 3.49. The third-order valence-corrected chi connectivity index (χ3v) is 4.12. The van der Waals surface area contributed by atoms with E-state index >= 15 is 0 Å². The molecule has 0 aliphatic carbocycles. The number of carbonyl (C=O) groups is 1. The number of aromatic nitrogens is 4. The van der Waals surface area contributed by atoms with Gasteiger partial charge < -0.3 is 4.90 Å². The molecule has 0 unspecified atom stereocenters. The highest BCUT2D eigenvalue weighted by atomic mass is 16.1. The van der Waals surface area contributed by atoms with Crippen molar-refractivity contribution in [3.8, 4) is 0 Å². The summed E-state index contributed by atoms with van der Waals surface area (Å²) in [7, 11) is 0. The maximum absolute atomic E-state index is 12.3. The molecule has 4 rings (SSSR count). The van der Waals surface area contributed by atoms with Crippen molar-refractivity contribution in [2.75, 3.05) is 18.0 Å². The van der Waals surface area contributed by atoms with Gasteiger partial charge in [-0.3, -0.25) is 9.78 Å². The van der Waals surface area contributed by atoms with Crippen LogP contribution in [0.5, 0.6) is 0 Å². The van der Waals surface area contributed by atoms with Gasteiger partial charge in [-0.2, -0.15) is 4.52 Å². The number of rotatable bonds is 4. The maximum Gasteiger partial charge on any atom is 0.172 e. The molecular formula is C17H17N5O. The zero-order valence-electron chi connectivity index (χ0n) is 12.7. The van der Waals surface area contributed by atoms with Crippen molar-refractivity contribution in [1.82, 2.24) is 19.6 Å². The molecule has 3 aromatic rings. The third-order valence-electron chi connectivity index (χ3n) is 4.12. The standard InChI is InChI=1S/C17H17N5O/c23-14(13-5-4-8-18-12-13)11-15-19-16-6-3-7-17(22(16)20-15)21-9-1-2-10-21/h3-8,12H,1-2,9-11H2. The van der Waals surface area contributed by atoms with E-state index in [1.807, 2.05) is 16.6 Å². The highest BCUT2D eigenvalue weighted by Crippen LogP contribution is 2.21. The lowest BCUT2D eigenvalue weighted by molar-refractivity contribution is 0.0990. The summed E-state index contributed by atoms with van der Waals surface area (Å²) in [4.78, 5) is 23.1. The SMILES string of the molecule is O=C(Cc1nc2cccc(N3CCCC3)n2n1)c1cccnc1. The second-order valence-corrected chi connectivity index (χ2v) is 5.72. The molecule has 0 bridgehead atoms. The predicted molar refractivity (Wildman–Crippen MR) is 86.7 cm³/mol. The van der Waals surface area contributed by atoms with Crippen molar-refractivity contribution in [3.63, 3.8) is 0 Å². The van der Waals surface area contributed by atoms with Gasteiger partial charge in [-0.15, -0.1) is 5.10 Å². The molecular weight excluding hydrogens is 290 g/mol. The van der Waals surface area contributed by atoms with Crippen molar-refractivity contribution >= 4 is 17.2 Å². The molecule has 0 aromatic carbocycles. The normalized spacial score (nSPS) is 14.5. The molecule has 0 radical (unpaired) electrons. The molecule has 23 heavy (non-hydrogen) atoms. The van der Waals surface area contributed by atoms with Crippen molar-refractivity contribution in [2.45, 2.75) is 19.3 Å². The zero-order valence-corrected chi connectivity index (χ0v) is 12.7. The van der Waals surface area contributed by atoms with Gasteiger partial charge >= 0.3 is 0 Å². The van der Waals surface area contributed by atoms with E-state index in [0.29, 0.717) is 11.4 Å². The summed E-state index contributed by atoms with van der Waals surface area (Å²) >= 11 is 0. The van der Waals surface area contributed by atoms with Crippen LogP contribution in [0.2, 0.25) is 0 Å². The first-order valence-electron chi connectivity index (χ1n) is 7.84. The summed E-state index contributed by atoms with van der Waals surface area (Å²) in [6, 6.07) is 9.49. The molecule has 0 N–H and O–H groups in total. The van der Waals surface area contributed by atoms with Gasteiger partial charge in [0.15, 0.2) is 17.3 Å². The van der Waals surface area contributed by atoms with E-state index in [9.17, 15) is 4.79 Å². The van der Waals surface area contributed by atoms with Crippen LogP contribution in [0.15, 0.2) is 42.7 Å². The molecule has 0 saturated carbocycles. The molecule has 116 valence electrons. The number of ketones is 1. The zero-order chi connectivity index (χ0) is 15.6. The molecule has 3 aromatic heterocycles. The Bertz CT molecular complexity index is 837. The van der Waals surface area contributed by atoms with E-state index in [2.05, 4.69) is 26.0 Å². The number of nitrogens with zero attached hydrogens (tertiary/aromatic N) is 5. The number of fused-ring (bicyclic) bond motifs is 1. The summed E-state index contributed by atoms with van der Waals surface area (Å²) in [5.74, 6) is 1.58. The van der Waals surface area contributed by atoms with Gasteiger partial charge in [0.2, 0.25) is 0 Å². The number of pyridine rings is 2. The first-order chi connectivity index (χ1) is 11.3. The van der Waals surface area contributed by atoms with Crippen LogP contribution in [-0.4, -0.2) is 38.5 Å². The van der Waals surface area contributed by atoms with Crippen molar-refractivity contribution in [2.24, 2.45) is 0 Å². The monoisotopic (exact) mass is 307 g/mol. The quantitative estimate of drug-likeness (QED) is 0.691. The third kappa shape index (κ3) is 2.67. The Balaban J connectivity index is 1.64. The number of hydrogen-bond acceptors (Lipinski definition) is 5. The van der Waals surface area contributed by atoms with Gasteiger partial charge in [-0.1, -0.05) is 6.07 Å². The highest BCUT2D eigenvalue weighted by molar-refractivity contribution is 5.96. The van der Waals surface area contributed by atoms with Gasteiger partial charge in [0.25, 0.3) is 0 Å². The molecule has 1 aliphatic heterocycles. The van der Waals surface area contributed by atoms with Crippen molar-refractivity contribution in [3.05, 3.63) is 54.1 Å². The van der Waals surface area contributed by atoms with Crippen LogP contribution in [0, 0.1) is 0 Å². The van der Waals surface area contributed by atoms with Crippen LogP contribution in [-0.2, 0) is 6.42 Å². The Morgan fingerprint density at radius 2 is 2.00 bits per heavy atom. The average molecular weight is 307 g/mol. The molecule has 0 amide bonds. The van der Waals surface area contributed by atoms with Crippen LogP contribution in [0.4, 0.5) is 5.82 Å². The van der Waals surface area contributed by atoms with Crippen LogP contribution in [0.3, 0.4) is 0 Å². The maximum atomic E-state index is 12.3. The minimum atomic E-state index is -0.0169. The van der Waals surface area contributed by atoms with E-state index in [0.717, 1.165) is 24.6 Å². The van der Waals surface area contributed by atoms with Gasteiger partial charge in [0, 0.05) is 31.0 Å². The van der Waals surface area contributed by atoms with E-state index in [1.54, 1.807) is 24.5 Å². The number of Topliss-reactive ketones (excluding diaryl/α,β-unsaturated/α-hetero) is 1. The molecule has 1 saturated heterocycles. The lowest BCUT2D eigenvalue weighted by Crippen LogP contribution is -2.20. The van der Waals surface area contributed by atoms with Gasteiger partial charge in [-0.05, 0) is 37.1 Å². The molecule has 6 nitrogen and oxygen atoms in total. The van der Waals surface area contributed by atoms with Crippen molar-refractivity contribution in [1.29, 1.82) is 0 Å². The summed E-state index contributed by atoms with van der Waals surface area (Å²) in [5, 5.41) is 4.55. The van der Waals surface area contributed by atoms with E-state index in [1.165, 1.54) is 12.8 Å². The fourth-order valence-corrected chi connectivity index (χ4v) is 2.97. The fourth-order valence-electron chi connectivity index (χ4n) is 2.97. The molecule has 0 atom stereocenters. The number of carbonyl (C=O) groups excluding carboxylic acids is 1.